The van der Waals surface area contributed by atoms with Crippen LogP contribution in [0.15, 0.2) is 34.6 Å². The van der Waals surface area contributed by atoms with Crippen molar-refractivity contribution in [2.45, 2.75) is 68.0 Å². The van der Waals surface area contributed by atoms with Gasteiger partial charge in [0.2, 0.25) is 0 Å². The predicted molar refractivity (Wildman–Crippen MR) is 143 cm³/mol. The molecule has 8 N–H and O–H groups in total. The number of aliphatic hydroxyl groups excluding tert-OH is 5. The molecule has 7 atom stereocenters. The summed E-state index contributed by atoms with van der Waals surface area (Å²) in [5.74, 6) is -2.32. The number of hydrogen-bond donors (Lipinski definition) is 7. The normalized spacial score (nSPS) is 34.4. The fourth-order valence-corrected chi connectivity index (χ4v) is 6.46. The summed E-state index contributed by atoms with van der Waals surface area (Å²) in [4.78, 5) is 39.5. The fraction of sp³-hybridized carbons (Fsp3) is 0.483. The van der Waals surface area contributed by atoms with Crippen LogP contribution in [0.1, 0.15) is 41.9 Å². The highest BCUT2D eigenvalue weighted by Gasteiger charge is 2.59. The number of aliphatic hydroxyl groups is 5. The number of phenols is 1. The monoisotopic (exact) mass is 585 g/mol. The standard InChI is InChI=1S/C29H31NO12/c30-29(11-31)24(37)22(35)23(36)25(42-29)40-4-3-28(26(38)41-27(28)39)10-14-6-12-5-13-7-16(19(33)9-13)15-1-2-18(32)20(21(14)34)17(15)8-12/h1-2,5-6,8,16,19,22-25,31-33,35-37H,3-4,7,9-11,30H2/b13-5-. The van der Waals surface area contributed by atoms with E-state index in [1.54, 1.807) is 18.2 Å². The van der Waals surface area contributed by atoms with Gasteiger partial charge in [-0.1, -0.05) is 17.7 Å². The second-order valence-electron chi connectivity index (χ2n) is 11.6. The second kappa shape index (κ2) is 10.2. The van der Waals surface area contributed by atoms with Crippen LogP contribution in [0.2, 0.25) is 0 Å². The molecule has 2 aromatic carbocycles. The van der Waals surface area contributed by atoms with E-state index in [1.165, 1.54) is 6.07 Å². The molecule has 2 aliphatic carbocycles. The van der Waals surface area contributed by atoms with Crippen LogP contribution in [0.25, 0.3) is 16.8 Å². The van der Waals surface area contributed by atoms with Gasteiger partial charge in [0, 0.05) is 17.9 Å². The first-order valence-corrected chi connectivity index (χ1v) is 13.6. The molecule has 6 rings (SSSR count). The third kappa shape index (κ3) is 4.36. The van der Waals surface area contributed by atoms with Crippen LogP contribution in [-0.4, -0.2) is 92.2 Å². The first kappa shape index (κ1) is 28.8. The van der Waals surface area contributed by atoms with E-state index in [9.17, 15) is 45.0 Å². The van der Waals surface area contributed by atoms with E-state index in [-0.39, 0.29) is 35.5 Å². The van der Waals surface area contributed by atoms with Crippen LogP contribution in [0, 0.1) is 5.41 Å². The van der Waals surface area contributed by atoms with Gasteiger partial charge in [0.15, 0.2) is 22.9 Å². The molecule has 2 aliphatic heterocycles. The zero-order valence-electron chi connectivity index (χ0n) is 22.3. The smallest absolute Gasteiger partial charge is 0.331 e. The Labute approximate surface area is 238 Å². The maximum atomic E-state index is 13.9. The van der Waals surface area contributed by atoms with Crippen LogP contribution in [0.4, 0.5) is 0 Å². The molecule has 3 fully saturated rings. The summed E-state index contributed by atoms with van der Waals surface area (Å²) in [5.41, 5.74) is 3.59. The quantitative estimate of drug-likeness (QED) is 0.147. The van der Waals surface area contributed by atoms with Crippen molar-refractivity contribution >= 4 is 28.8 Å². The van der Waals surface area contributed by atoms with E-state index in [4.69, 9.17) is 15.2 Å². The number of esters is 2. The summed E-state index contributed by atoms with van der Waals surface area (Å²) in [6.45, 7) is -1.32. The van der Waals surface area contributed by atoms with Gasteiger partial charge in [-0.2, -0.15) is 0 Å². The molecular formula is C29H31NO12. The average molecular weight is 586 g/mol. The van der Waals surface area contributed by atoms with Gasteiger partial charge >= 0.3 is 11.9 Å². The van der Waals surface area contributed by atoms with E-state index < -0.39 is 72.4 Å². The Morgan fingerprint density at radius 2 is 1.76 bits per heavy atom. The van der Waals surface area contributed by atoms with E-state index in [2.05, 4.69) is 4.74 Å². The third-order valence-electron chi connectivity index (χ3n) is 8.92. The van der Waals surface area contributed by atoms with Gasteiger partial charge in [-0.25, -0.2) is 0 Å². The minimum Gasteiger partial charge on any atom is -0.507 e. The van der Waals surface area contributed by atoms with Crippen molar-refractivity contribution in [3.63, 3.8) is 0 Å². The molecule has 2 aromatic rings. The molecule has 0 aromatic heterocycles. The summed E-state index contributed by atoms with van der Waals surface area (Å²) in [7, 11) is 0. The molecule has 0 amide bonds. The number of phenolic OH excluding ortho intramolecular Hbond substituents is 1. The molecule has 1 saturated carbocycles. The van der Waals surface area contributed by atoms with Crippen LogP contribution >= 0.6 is 0 Å². The zero-order valence-corrected chi connectivity index (χ0v) is 22.3. The van der Waals surface area contributed by atoms with Crippen LogP contribution in [0.3, 0.4) is 0 Å². The number of carbonyl (C=O) groups is 2. The predicted octanol–water partition coefficient (Wildman–Crippen LogP) is -1.35. The Kier molecular flexibility index (Phi) is 6.98. The lowest BCUT2D eigenvalue weighted by Gasteiger charge is -2.45. The molecule has 2 saturated heterocycles. The number of carbonyl (C=O) groups excluding carboxylic acids is 2. The Morgan fingerprint density at radius 3 is 2.45 bits per heavy atom. The summed E-state index contributed by atoms with van der Waals surface area (Å²) in [6, 6.07) is 6.40. The van der Waals surface area contributed by atoms with Crippen molar-refractivity contribution < 1.29 is 54.4 Å². The molecule has 13 heteroatoms. The van der Waals surface area contributed by atoms with Crippen LogP contribution in [0.5, 0.6) is 5.75 Å². The number of cyclic esters (lactones) is 2. The number of fused-ring (bicyclic) bond motifs is 4. The maximum absolute atomic E-state index is 13.9. The van der Waals surface area contributed by atoms with Gasteiger partial charge in [-0.3, -0.25) is 20.1 Å². The van der Waals surface area contributed by atoms with E-state index >= 15 is 0 Å². The molecule has 7 unspecified atom stereocenters. The molecule has 4 aliphatic rings. The number of aromatic hydroxyl groups is 1. The summed E-state index contributed by atoms with van der Waals surface area (Å²) < 4.78 is 15.5. The highest BCUT2D eigenvalue weighted by molar-refractivity contribution is 6.14. The first-order valence-electron chi connectivity index (χ1n) is 13.6. The van der Waals surface area contributed by atoms with Crippen molar-refractivity contribution in [1.29, 1.82) is 0 Å². The molecule has 0 radical (unpaired) electrons. The zero-order chi connectivity index (χ0) is 30.1. The van der Waals surface area contributed by atoms with Crippen LogP contribution < -0.4 is 11.2 Å². The lowest BCUT2D eigenvalue weighted by molar-refractivity contribution is -0.337. The Balaban J connectivity index is 1.34. The van der Waals surface area contributed by atoms with Crippen molar-refractivity contribution in [3.05, 3.63) is 56.8 Å². The first-order chi connectivity index (χ1) is 19.9. The molecule has 4 bridgehead atoms. The molecule has 224 valence electrons. The lowest BCUT2D eigenvalue weighted by atomic mass is 9.75. The topological polar surface area (TPSA) is 226 Å². The molecule has 42 heavy (non-hydrogen) atoms. The summed E-state index contributed by atoms with van der Waals surface area (Å²) in [6.07, 6.45) is -5.49. The van der Waals surface area contributed by atoms with E-state index in [1.807, 2.05) is 6.08 Å². The minimum absolute atomic E-state index is 0.00537. The third-order valence-corrected chi connectivity index (χ3v) is 8.92. The molecule has 2 heterocycles. The minimum atomic E-state index is -2.14. The molecular weight excluding hydrogens is 554 g/mol. The SMILES string of the molecule is NC1(CO)OC(OCCC2(Cc3cc4cc5c(ccc(O)c5c3=O)C3C/C(=C/4)CC3O)C(=O)OC2=O)C(O)C(O)C1O. The Bertz CT molecular complexity index is 1560. The van der Waals surface area contributed by atoms with Crippen LogP contribution in [-0.2, 0) is 30.2 Å². The van der Waals surface area contributed by atoms with Gasteiger partial charge in [-0.05, 0) is 54.0 Å². The number of hydrogen-bond acceptors (Lipinski definition) is 13. The lowest BCUT2D eigenvalue weighted by Crippen LogP contribution is -2.70. The van der Waals surface area contributed by atoms with Crippen molar-refractivity contribution in [2.75, 3.05) is 13.2 Å². The van der Waals surface area contributed by atoms with Crippen molar-refractivity contribution in [3.8, 4) is 5.75 Å². The fourth-order valence-electron chi connectivity index (χ4n) is 6.46. The van der Waals surface area contributed by atoms with Gasteiger partial charge in [0.25, 0.3) is 0 Å². The van der Waals surface area contributed by atoms with Crippen molar-refractivity contribution in [1.82, 2.24) is 0 Å². The Hall–Kier alpha value is -3.27. The van der Waals surface area contributed by atoms with Gasteiger partial charge in [0.05, 0.1) is 24.7 Å². The van der Waals surface area contributed by atoms with E-state index in [0.717, 1.165) is 11.1 Å². The molecule has 13 nitrogen and oxygen atoms in total. The van der Waals surface area contributed by atoms with Gasteiger partial charge in [-0.15, -0.1) is 0 Å². The number of rotatable bonds is 7. The highest BCUT2D eigenvalue weighted by atomic mass is 16.7. The summed E-state index contributed by atoms with van der Waals surface area (Å²) >= 11 is 0. The van der Waals surface area contributed by atoms with E-state index in [0.29, 0.717) is 23.8 Å². The van der Waals surface area contributed by atoms with Crippen molar-refractivity contribution in [2.24, 2.45) is 11.1 Å². The average Bonchev–Trinajstić information content (AvgIpc) is 3.26. The highest BCUT2D eigenvalue weighted by Crippen LogP contribution is 2.45. The molecule has 0 spiro atoms. The largest absolute Gasteiger partial charge is 0.507 e. The number of benzene rings is 1. The second-order valence-corrected chi connectivity index (χ2v) is 11.6. The summed E-state index contributed by atoms with van der Waals surface area (Å²) in [5, 5.41) is 61.9. The number of nitrogens with two attached hydrogens (primary N) is 1. The number of ether oxygens (including phenoxy) is 3. The van der Waals surface area contributed by atoms with Gasteiger partial charge in [0.1, 0.15) is 24.1 Å². The Morgan fingerprint density at radius 1 is 1.02 bits per heavy atom. The maximum Gasteiger partial charge on any atom is 0.331 e. The van der Waals surface area contributed by atoms with Gasteiger partial charge < -0.3 is 44.8 Å².